The molecule has 12 heteroatoms. The molecule has 4 heterocycles. The average Bonchev–Trinajstić information content (AvgIpc) is 3.65. The van der Waals surface area contributed by atoms with E-state index in [1.807, 2.05) is 11.8 Å². The fourth-order valence-electron chi connectivity index (χ4n) is 6.56. The van der Waals surface area contributed by atoms with Crippen molar-refractivity contribution in [3.63, 3.8) is 0 Å². The van der Waals surface area contributed by atoms with Crippen molar-refractivity contribution in [3.05, 3.63) is 28.5 Å². The van der Waals surface area contributed by atoms with Gasteiger partial charge in [0.1, 0.15) is 17.5 Å². The van der Waals surface area contributed by atoms with E-state index in [9.17, 15) is 14.8 Å². The summed E-state index contributed by atoms with van der Waals surface area (Å²) in [7, 11) is 0. The number of carbonyl (C=O) groups excluding carboxylic acids is 2. The lowest BCUT2D eigenvalue weighted by Gasteiger charge is -2.42. The zero-order valence-corrected chi connectivity index (χ0v) is 23.9. The van der Waals surface area contributed by atoms with Gasteiger partial charge in [0.05, 0.1) is 12.2 Å². The van der Waals surface area contributed by atoms with Crippen LogP contribution in [0.25, 0.3) is 0 Å². The summed E-state index contributed by atoms with van der Waals surface area (Å²) in [5.74, 6) is 1.41. The van der Waals surface area contributed by atoms with E-state index in [2.05, 4.69) is 31.8 Å². The van der Waals surface area contributed by atoms with Crippen LogP contribution in [0.3, 0.4) is 0 Å². The van der Waals surface area contributed by atoms with Crippen molar-refractivity contribution < 1.29 is 14.8 Å². The van der Waals surface area contributed by atoms with Crippen LogP contribution in [0.1, 0.15) is 83.6 Å². The number of hydrogen-bond acceptors (Lipinski definition) is 9. The first-order valence-electron chi connectivity index (χ1n) is 14.0. The van der Waals surface area contributed by atoms with Crippen LogP contribution in [-0.4, -0.2) is 61.0 Å². The molecule has 4 aliphatic rings. The molecule has 1 N–H and O–H groups in total. The van der Waals surface area contributed by atoms with Gasteiger partial charge in [-0.15, -0.1) is 0 Å². The van der Waals surface area contributed by atoms with Gasteiger partial charge in [-0.05, 0) is 61.7 Å². The third-order valence-corrected chi connectivity index (χ3v) is 8.73. The smallest absolute Gasteiger partial charge is 0.273 e. The molecule has 0 radical (unpaired) electrons. The fourth-order valence-corrected chi connectivity index (χ4v) is 6.82. The van der Waals surface area contributed by atoms with Crippen LogP contribution < -0.4 is 14.9 Å². The summed E-state index contributed by atoms with van der Waals surface area (Å²) in [5.41, 5.74) is 1.24. The summed E-state index contributed by atoms with van der Waals surface area (Å²) in [5, 5.41) is 11.1. The third kappa shape index (κ3) is 5.43. The first-order valence-corrected chi connectivity index (χ1v) is 14.8. The molecule has 210 valence electrons. The van der Waals surface area contributed by atoms with Gasteiger partial charge in [0, 0.05) is 30.3 Å². The molecule has 2 saturated carbocycles. The van der Waals surface area contributed by atoms with Crippen molar-refractivity contribution in [2.24, 2.45) is 0 Å². The van der Waals surface area contributed by atoms with Crippen molar-refractivity contribution in [3.8, 4) is 0 Å². The Morgan fingerprint density at radius 1 is 0.821 bits per heavy atom. The summed E-state index contributed by atoms with van der Waals surface area (Å²) in [6.45, 7) is 4.00. The van der Waals surface area contributed by atoms with Crippen LogP contribution >= 0.6 is 23.2 Å². The minimum absolute atomic E-state index is 0.0402. The second-order valence-electron chi connectivity index (χ2n) is 10.7. The van der Waals surface area contributed by atoms with Crippen LogP contribution in [0, 0.1) is 0 Å². The molecule has 0 unspecified atom stereocenters. The Bertz CT molecular complexity index is 1220. The highest BCUT2D eigenvalue weighted by Crippen LogP contribution is 2.40. The maximum Gasteiger partial charge on any atom is 0.273 e. The lowest BCUT2D eigenvalue weighted by atomic mass is 9.94. The first-order chi connectivity index (χ1) is 18.8. The largest absolute Gasteiger partial charge is 0.343 e. The van der Waals surface area contributed by atoms with Gasteiger partial charge in [-0.25, -0.2) is 15.0 Å². The molecule has 0 bridgehead atoms. The Hall–Kier alpha value is -2.56. The summed E-state index contributed by atoms with van der Waals surface area (Å²) < 4.78 is 0. The number of Topliss-reactive ketones (excluding diaryl/α,β-unsaturated/α-hetero) is 1. The predicted octanol–water partition coefficient (Wildman–Crippen LogP) is 5.18. The van der Waals surface area contributed by atoms with Gasteiger partial charge in [-0.1, -0.05) is 39.5 Å². The van der Waals surface area contributed by atoms with E-state index in [1.54, 1.807) is 6.20 Å². The third-order valence-electron chi connectivity index (χ3n) is 8.36. The maximum absolute atomic E-state index is 12.3. The van der Waals surface area contributed by atoms with Gasteiger partial charge in [-0.2, -0.15) is 10.0 Å². The summed E-state index contributed by atoms with van der Waals surface area (Å²) >= 11 is 11.8. The van der Waals surface area contributed by atoms with Crippen LogP contribution in [0.4, 0.5) is 17.3 Å². The molecule has 1 amide bonds. The van der Waals surface area contributed by atoms with Gasteiger partial charge >= 0.3 is 0 Å². The predicted molar refractivity (Wildman–Crippen MR) is 150 cm³/mol. The van der Waals surface area contributed by atoms with E-state index in [1.165, 1.54) is 19.0 Å². The van der Waals surface area contributed by atoms with Crippen molar-refractivity contribution in [1.29, 1.82) is 0 Å². The van der Waals surface area contributed by atoms with E-state index < -0.39 is 0 Å². The van der Waals surface area contributed by atoms with E-state index >= 15 is 0 Å². The Morgan fingerprint density at radius 2 is 1.33 bits per heavy atom. The van der Waals surface area contributed by atoms with E-state index in [-0.39, 0.29) is 40.4 Å². The van der Waals surface area contributed by atoms with Gasteiger partial charge in [0.15, 0.2) is 11.6 Å². The Kier molecular flexibility index (Phi) is 8.54. The number of halogens is 2. The molecule has 0 aromatic carbocycles. The second-order valence-corrected chi connectivity index (χ2v) is 11.3. The molecule has 39 heavy (non-hydrogen) atoms. The highest BCUT2D eigenvalue weighted by Gasteiger charge is 2.42. The number of amides is 1. The molecular weight excluding hydrogens is 541 g/mol. The number of carbonyl (C=O) groups is 2. The van der Waals surface area contributed by atoms with Gasteiger partial charge in [0.25, 0.3) is 5.91 Å². The van der Waals surface area contributed by atoms with Crippen molar-refractivity contribution in [2.75, 3.05) is 14.9 Å². The van der Waals surface area contributed by atoms with Crippen molar-refractivity contribution in [1.82, 2.24) is 19.9 Å². The number of hydrogen-bond donors (Lipinski definition) is 1. The van der Waals surface area contributed by atoms with Crippen molar-refractivity contribution in [2.45, 2.75) is 109 Å². The first kappa shape index (κ1) is 28.0. The summed E-state index contributed by atoms with van der Waals surface area (Å²) in [6, 6.07) is 0.282. The molecular formula is C27H35Cl2N7O3. The zero-order valence-electron chi connectivity index (χ0n) is 22.4. The van der Waals surface area contributed by atoms with Crippen molar-refractivity contribution >= 4 is 52.2 Å². The summed E-state index contributed by atoms with van der Waals surface area (Å²) in [6.07, 6.45) is 14.1. The van der Waals surface area contributed by atoms with E-state index in [0.717, 1.165) is 56.3 Å². The fraction of sp³-hybridized carbons (Fsp3) is 0.630. The van der Waals surface area contributed by atoms with Crippen LogP contribution in [0.2, 0.25) is 10.6 Å². The van der Waals surface area contributed by atoms with Gasteiger partial charge < -0.3 is 9.80 Å². The molecule has 2 fully saturated rings. The minimum Gasteiger partial charge on any atom is -0.343 e. The highest BCUT2D eigenvalue weighted by atomic mass is 35.5. The standard InChI is InChI=1S/C14H18ClN3O.C13H17ClN4O2/c1-2-11-12(19)7-9-8-16-14(15)17-13(9)18(11)10-5-3-4-6-10;1-2-9-12(19)18(20)10-7-15-13(14)16-11(10)17(9)8-5-3-4-6-8/h8,10-11H,2-7H2,1H3;7-9,20H,2-6H2,1H3/t11-;9-/m11/s1. The van der Waals surface area contributed by atoms with Crippen LogP contribution in [0.15, 0.2) is 12.4 Å². The normalized spacial score (nSPS) is 23.6. The number of anilines is 3. The van der Waals surface area contributed by atoms with Gasteiger partial charge in [-0.3, -0.25) is 14.8 Å². The summed E-state index contributed by atoms with van der Waals surface area (Å²) in [4.78, 5) is 45.4. The van der Waals surface area contributed by atoms with Crippen LogP contribution in [-0.2, 0) is 16.0 Å². The quantitative estimate of drug-likeness (QED) is 0.389. The minimum atomic E-state index is -0.387. The average molecular weight is 577 g/mol. The van der Waals surface area contributed by atoms with E-state index in [0.29, 0.717) is 35.5 Å². The molecule has 6 rings (SSSR count). The molecule has 2 aliphatic heterocycles. The molecule has 2 aromatic heterocycles. The van der Waals surface area contributed by atoms with E-state index in [4.69, 9.17) is 23.2 Å². The monoisotopic (exact) mass is 575 g/mol. The Morgan fingerprint density at radius 3 is 1.90 bits per heavy atom. The Labute approximate surface area is 238 Å². The SMILES string of the molecule is CC[C@@H]1C(=O)Cc2cnc(Cl)nc2N1C1CCCC1.CC[C@@H]1C(=O)N(O)c2cnc(Cl)nc2N1C1CCCC1. The van der Waals surface area contributed by atoms with Crippen LogP contribution in [0.5, 0.6) is 0 Å². The number of hydroxylamine groups is 1. The van der Waals surface area contributed by atoms with Gasteiger partial charge in [0.2, 0.25) is 10.6 Å². The molecule has 0 saturated heterocycles. The molecule has 2 aliphatic carbocycles. The number of rotatable bonds is 4. The molecule has 10 nitrogen and oxygen atoms in total. The number of fused-ring (bicyclic) bond motifs is 2. The number of ketones is 1. The molecule has 0 spiro atoms. The lowest BCUT2D eigenvalue weighted by Crippen LogP contribution is -2.55. The second kappa shape index (κ2) is 11.9. The zero-order chi connectivity index (χ0) is 27.7. The maximum atomic E-state index is 12.3. The highest BCUT2D eigenvalue weighted by molar-refractivity contribution is 6.28. The lowest BCUT2D eigenvalue weighted by molar-refractivity contribution is -0.125. The number of nitrogens with zero attached hydrogens (tertiary/aromatic N) is 7. The number of aromatic nitrogens is 4. The molecule has 2 aromatic rings. The molecule has 2 atom stereocenters. The topological polar surface area (TPSA) is 116 Å². The Balaban J connectivity index is 0.000000158.